The average molecular weight is 449 g/mol. The van der Waals surface area contributed by atoms with Crippen LogP contribution >= 0.6 is 22.9 Å². The summed E-state index contributed by atoms with van der Waals surface area (Å²) in [4.78, 5) is 28.0. The highest BCUT2D eigenvalue weighted by atomic mass is 35.5. The minimum Gasteiger partial charge on any atom is -0.493 e. The zero-order valence-corrected chi connectivity index (χ0v) is 18.6. The van der Waals surface area contributed by atoms with Gasteiger partial charge in [-0.2, -0.15) is 0 Å². The molecule has 160 valence electrons. The Morgan fingerprint density at radius 1 is 1.13 bits per heavy atom. The maximum absolute atomic E-state index is 12.8. The van der Waals surface area contributed by atoms with Gasteiger partial charge in [0.2, 0.25) is 0 Å². The zero-order chi connectivity index (χ0) is 21.3. The second kappa shape index (κ2) is 8.47. The third-order valence-electron chi connectivity index (χ3n) is 6.48. The van der Waals surface area contributed by atoms with E-state index in [1.165, 1.54) is 11.3 Å². The van der Waals surface area contributed by atoms with Crippen molar-refractivity contribution < 1.29 is 19.1 Å². The molecule has 2 fully saturated rings. The normalized spacial score (nSPS) is 19.8. The average Bonchev–Trinajstić information content (AvgIpc) is 3.21. The van der Waals surface area contributed by atoms with Crippen LogP contribution in [0.1, 0.15) is 45.7 Å². The van der Waals surface area contributed by atoms with Crippen LogP contribution < -0.4 is 14.8 Å². The standard InChI is InChI=1S/C22H25ClN2O4S/c1-28-16-4-3-14(13-17(16)29-2)20(26)24-18-5-7-22(18)8-10-25(11-9-22)21(27)19-15(23)6-12-30-19/h3-4,6,12-13,18H,5,7-11H2,1-2H3,(H,24,26). The second-order valence-corrected chi connectivity index (χ2v) is 9.21. The summed E-state index contributed by atoms with van der Waals surface area (Å²) in [5.74, 6) is 1.03. The maximum Gasteiger partial charge on any atom is 0.265 e. The van der Waals surface area contributed by atoms with Gasteiger partial charge in [0.25, 0.3) is 11.8 Å². The molecule has 0 bridgehead atoms. The fourth-order valence-electron chi connectivity index (χ4n) is 4.48. The van der Waals surface area contributed by atoms with Crippen molar-refractivity contribution in [1.82, 2.24) is 10.2 Å². The number of hydrogen-bond acceptors (Lipinski definition) is 5. The molecule has 8 heteroatoms. The maximum atomic E-state index is 12.8. The van der Waals surface area contributed by atoms with Crippen molar-refractivity contribution in [2.24, 2.45) is 5.41 Å². The van der Waals surface area contributed by atoms with Gasteiger partial charge in [0.05, 0.1) is 19.2 Å². The molecule has 1 aliphatic heterocycles. The number of benzene rings is 1. The van der Waals surface area contributed by atoms with Crippen molar-refractivity contribution in [3.63, 3.8) is 0 Å². The Kier molecular flexibility index (Phi) is 5.93. The Morgan fingerprint density at radius 3 is 2.43 bits per heavy atom. The van der Waals surface area contributed by atoms with Crippen molar-refractivity contribution in [1.29, 1.82) is 0 Å². The first-order valence-electron chi connectivity index (χ1n) is 10.0. The molecule has 1 saturated carbocycles. The summed E-state index contributed by atoms with van der Waals surface area (Å²) >= 11 is 7.51. The summed E-state index contributed by atoms with van der Waals surface area (Å²) in [7, 11) is 3.12. The SMILES string of the molecule is COc1ccc(C(=O)NC2CCC23CCN(C(=O)c2sccc2Cl)CC3)cc1OC. The molecule has 0 radical (unpaired) electrons. The molecular formula is C22H25ClN2O4S. The van der Waals surface area contributed by atoms with Gasteiger partial charge in [0.15, 0.2) is 11.5 Å². The number of nitrogens with one attached hydrogen (secondary N) is 1. The highest BCUT2D eigenvalue weighted by molar-refractivity contribution is 7.12. The minimum atomic E-state index is -0.107. The Labute approximate surface area is 185 Å². The molecule has 1 N–H and O–H groups in total. The molecule has 4 rings (SSSR count). The zero-order valence-electron chi connectivity index (χ0n) is 17.1. The number of ether oxygens (including phenoxy) is 2. The number of nitrogens with zero attached hydrogens (tertiary/aromatic N) is 1. The van der Waals surface area contributed by atoms with Crippen molar-refractivity contribution in [2.45, 2.75) is 31.7 Å². The van der Waals surface area contributed by atoms with Crippen LogP contribution in [-0.4, -0.2) is 50.1 Å². The summed E-state index contributed by atoms with van der Waals surface area (Å²) in [5.41, 5.74) is 0.622. The van der Waals surface area contributed by atoms with E-state index >= 15 is 0 Å². The quantitative estimate of drug-likeness (QED) is 0.743. The van der Waals surface area contributed by atoms with Crippen LogP contribution in [0.25, 0.3) is 0 Å². The molecule has 1 spiro atoms. The Hall–Kier alpha value is -2.25. The molecule has 2 amide bonds. The fraction of sp³-hybridized carbons (Fsp3) is 0.455. The van der Waals surface area contributed by atoms with Crippen LogP contribution in [0.2, 0.25) is 5.02 Å². The molecule has 6 nitrogen and oxygen atoms in total. The van der Waals surface area contributed by atoms with Crippen LogP contribution in [-0.2, 0) is 0 Å². The molecule has 1 atom stereocenters. The molecule has 1 saturated heterocycles. The van der Waals surface area contributed by atoms with Gasteiger partial charge >= 0.3 is 0 Å². The van der Waals surface area contributed by atoms with E-state index in [-0.39, 0.29) is 23.3 Å². The van der Waals surface area contributed by atoms with E-state index in [9.17, 15) is 9.59 Å². The molecule has 1 unspecified atom stereocenters. The number of hydrogen-bond donors (Lipinski definition) is 1. The molecule has 1 aromatic carbocycles. The van der Waals surface area contributed by atoms with E-state index < -0.39 is 0 Å². The molecule has 30 heavy (non-hydrogen) atoms. The van der Waals surface area contributed by atoms with Gasteiger partial charge in [0, 0.05) is 24.7 Å². The first-order chi connectivity index (χ1) is 14.5. The van der Waals surface area contributed by atoms with E-state index in [0.29, 0.717) is 40.1 Å². The van der Waals surface area contributed by atoms with Gasteiger partial charge in [-0.15, -0.1) is 11.3 Å². The Bertz CT molecular complexity index is 952. The van der Waals surface area contributed by atoms with Gasteiger partial charge in [-0.05, 0) is 60.7 Å². The highest BCUT2D eigenvalue weighted by Crippen LogP contribution is 2.49. The number of methoxy groups -OCH3 is 2. The number of piperidine rings is 1. The van der Waals surface area contributed by atoms with E-state index in [1.807, 2.05) is 10.3 Å². The smallest absolute Gasteiger partial charge is 0.265 e. The number of rotatable bonds is 5. The van der Waals surface area contributed by atoms with Crippen molar-refractivity contribution in [3.8, 4) is 11.5 Å². The summed E-state index contributed by atoms with van der Waals surface area (Å²) in [6.07, 6.45) is 3.81. The molecule has 1 aliphatic carbocycles. The summed E-state index contributed by atoms with van der Waals surface area (Å²) in [6, 6.07) is 7.07. The van der Waals surface area contributed by atoms with Gasteiger partial charge in [0.1, 0.15) is 4.88 Å². The van der Waals surface area contributed by atoms with Crippen LogP contribution in [0, 0.1) is 5.41 Å². The largest absolute Gasteiger partial charge is 0.493 e. The molecule has 2 aliphatic rings. The summed E-state index contributed by atoms with van der Waals surface area (Å²) in [5, 5.41) is 5.57. The molecule has 2 aromatic rings. The Morgan fingerprint density at radius 2 is 1.87 bits per heavy atom. The lowest BCUT2D eigenvalue weighted by atomic mass is 9.59. The number of amides is 2. The number of likely N-dealkylation sites (tertiary alicyclic amines) is 1. The van der Waals surface area contributed by atoms with E-state index in [4.69, 9.17) is 21.1 Å². The van der Waals surface area contributed by atoms with Crippen molar-refractivity contribution >= 4 is 34.8 Å². The molecule has 2 heterocycles. The van der Waals surface area contributed by atoms with Gasteiger partial charge < -0.3 is 19.7 Å². The highest BCUT2D eigenvalue weighted by Gasteiger charge is 2.49. The lowest BCUT2D eigenvalue weighted by Gasteiger charge is -2.54. The first-order valence-corrected chi connectivity index (χ1v) is 11.3. The lowest BCUT2D eigenvalue weighted by Crippen LogP contribution is -2.59. The predicted molar refractivity (Wildman–Crippen MR) is 117 cm³/mol. The van der Waals surface area contributed by atoms with E-state index in [2.05, 4.69) is 5.32 Å². The van der Waals surface area contributed by atoms with Crippen LogP contribution in [0.15, 0.2) is 29.6 Å². The van der Waals surface area contributed by atoms with Gasteiger partial charge in [-0.3, -0.25) is 9.59 Å². The second-order valence-electron chi connectivity index (χ2n) is 7.89. The fourth-order valence-corrected chi connectivity index (χ4v) is 5.59. The summed E-state index contributed by atoms with van der Waals surface area (Å²) in [6.45, 7) is 1.38. The van der Waals surface area contributed by atoms with Crippen LogP contribution in [0.5, 0.6) is 11.5 Å². The number of halogens is 1. The monoisotopic (exact) mass is 448 g/mol. The number of thiophene rings is 1. The topological polar surface area (TPSA) is 67.9 Å². The number of carbonyl (C=O) groups excluding carboxylic acids is 2. The van der Waals surface area contributed by atoms with Gasteiger partial charge in [-0.25, -0.2) is 0 Å². The minimum absolute atomic E-state index is 0.00934. The third kappa shape index (κ3) is 3.76. The van der Waals surface area contributed by atoms with Crippen molar-refractivity contribution in [3.05, 3.63) is 45.1 Å². The third-order valence-corrected chi connectivity index (χ3v) is 7.81. The first kappa shape index (κ1) is 21.0. The van der Waals surface area contributed by atoms with Crippen LogP contribution in [0.4, 0.5) is 0 Å². The molecular weight excluding hydrogens is 424 g/mol. The number of carbonyl (C=O) groups is 2. The van der Waals surface area contributed by atoms with E-state index in [1.54, 1.807) is 38.5 Å². The van der Waals surface area contributed by atoms with Crippen LogP contribution in [0.3, 0.4) is 0 Å². The van der Waals surface area contributed by atoms with E-state index in [0.717, 1.165) is 25.7 Å². The predicted octanol–water partition coefficient (Wildman–Crippen LogP) is 4.23. The molecule has 1 aromatic heterocycles. The van der Waals surface area contributed by atoms with Gasteiger partial charge in [-0.1, -0.05) is 11.6 Å². The van der Waals surface area contributed by atoms with Crippen molar-refractivity contribution in [2.75, 3.05) is 27.3 Å². The summed E-state index contributed by atoms with van der Waals surface area (Å²) < 4.78 is 10.5. The lowest BCUT2D eigenvalue weighted by molar-refractivity contribution is -0.00217. The Balaban J connectivity index is 1.38.